The van der Waals surface area contributed by atoms with Gasteiger partial charge in [-0.05, 0) is 12.1 Å². The lowest BCUT2D eigenvalue weighted by molar-refractivity contribution is 0.0698. The van der Waals surface area contributed by atoms with Crippen molar-refractivity contribution in [2.45, 2.75) is 13.5 Å². The van der Waals surface area contributed by atoms with Crippen LogP contribution >= 0.6 is 0 Å². The van der Waals surface area contributed by atoms with Crippen LogP contribution in [0.15, 0.2) is 27.8 Å². The van der Waals surface area contributed by atoms with Crippen LogP contribution in [0.4, 0.5) is 0 Å². The van der Waals surface area contributed by atoms with Gasteiger partial charge in [0.25, 0.3) is 0 Å². The summed E-state index contributed by atoms with van der Waals surface area (Å²) in [7, 11) is -1.12. The van der Waals surface area contributed by atoms with Crippen LogP contribution in [0.3, 0.4) is 0 Å². The summed E-state index contributed by atoms with van der Waals surface area (Å²) in [4.78, 5) is 37.3. The van der Waals surface area contributed by atoms with Crippen molar-refractivity contribution in [1.29, 1.82) is 0 Å². The molecule has 2 N–H and O–H groups in total. The van der Waals surface area contributed by atoms with Gasteiger partial charge in [0.05, 0.1) is 16.6 Å². The Kier molecular flexibility index (Phi) is 4.37. The number of aromatic nitrogens is 2. The van der Waals surface area contributed by atoms with Gasteiger partial charge in [0.15, 0.2) is 0 Å². The van der Waals surface area contributed by atoms with E-state index in [-0.39, 0.29) is 28.9 Å². The molecule has 2 rings (SSSR count). The van der Waals surface area contributed by atoms with E-state index in [0.717, 1.165) is 4.57 Å². The summed E-state index contributed by atoms with van der Waals surface area (Å²) in [6.45, 7) is 1.78. The second-order valence-electron chi connectivity index (χ2n) is 4.35. The number of carboxylic acid groups (broad SMARTS) is 1. The molecule has 0 bridgehead atoms. The van der Waals surface area contributed by atoms with E-state index in [4.69, 9.17) is 0 Å². The lowest BCUT2D eigenvalue weighted by Gasteiger charge is -2.11. The highest BCUT2D eigenvalue weighted by Crippen LogP contribution is 2.14. The lowest BCUT2D eigenvalue weighted by atomic mass is 10.1. The van der Waals surface area contributed by atoms with Gasteiger partial charge in [-0.25, -0.2) is 4.79 Å². The van der Waals surface area contributed by atoms with Crippen molar-refractivity contribution in [3.63, 3.8) is 0 Å². The highest BCUT2D eigenvalue weighted by molar-refractivity contribution is 7.84. The van der Waals surface area contributed by atoms with E-state index in [1.807, 2.05) is 0 Å². The molecule has 0 spiro atoms. The van der Waals surface area contributed by atoms with Gasteiger partial charge in [-0.15, -0.1) is 0 Å². The molecule has 1 aromatic carbocycles. The van der Waals surface area contributed by atoms with E-state index in [9.17, 15) is 23.7 Å². The average molecular weight is 310 g/mol. The van der Waals surface area contributed by atoms with Crippen LogP contribution in [0.2, 0.25) is 0 Å². The number of carbonyl (C=O) groups is 1. The number of fused-ring (bicyclic) bond motifs is 1. The van der Waals surface area contributed by atoms with Crippen molar-refractivity contribution in [2.75, 3.05) is 11.5 Å². The van der Waals surface area contributed by atoms with Crippen LogP contribution in [-0.2, 0) is 17.3 Å². The number of aromatic carboxylic acids is 1. The number of nitrogens with zero attached hydrogens (tertiary/aromatic N) is 1. The minimum atomic E-state index is -1.20. The summed E-state index contributed by atoms with van der Waals surface area (Å²) in [6, 6.07) is 4.37. The topological polar surface area (TPSA) is 109 Å². The molecule has 21 heavy (non-hydrogen) atoms. The average Bonchev–Trinajstić information content (AvgIpc) is 2.46. The van der Waals surface area contributed by atoms with Gasteiger partial charge < -0.3 is 14.7 Å². The third-order valence-corrected chi connectivity index (χ3v) is 4.37. The summed E-state index contributed by atoms with van der Waals surface area (Å²) in [5, 5.41) is 9.22. The summed E-state index contributed by atoms with van der Waals surface area (Å²) in [6.07, 6.45) is 0. The number of hydrogen-bond donors (Lipinski definition) is 2. The van der Waals surface area contributed by atoms with Gasteiger partial charge in [0.2, 0.25) is 0 Å². The number of aryl methyl sites for hydroxylation is 1. The molecule has 8 heteroatoms. The molecule has 1 heterocycles. The van der Waals surface area contributed by atoms with Crippen LogP contribution in [0.1, 0.15) is 17.3 Å². The molecule has 2 aromatic rings. The van der Waals surface area contributed by atoms with E-state index in [0.29, 0.717) is 5.75 Å². The summed E-state index contributed by atoms with van der Waals surface area (Å²) in [5.74, 6) is -0.581. The zero-order chi connectivity index (χ0) is 15.6. The fourth-order valence-electron chi connectivity index (χ4n) is 2.06. The molecule has 1 unspecified atom stereocenters. The molecule has 0 aliphatic carbocycles. The molecule has 0 radical (unpaired) electrons. The highest BCUT2D eigenvalue weighted by Gasteiger charge is 2.15. The zero-order valence-corrected chi connectivity index (χ0v) is 12.1. The maximum atomic E-state index is 12.0. The standard InChI is InChI=1S/C13H14N2O5S/c1-2-21(20)7-6-15-10-8(13(18)19)4-3-5-9(10)14-11(16)12(15)17/h3-5H,2,6-7H2,1H3,(H,14,16)(H,18,19). The number of rotatable bonds is 5. The van der Waals surface area contributed by atoms with Gasteiger partial charge in [0.1, 0.15) is 0 Å². The minimum absolute atomic E-state index is 0.0317. The van der Waals surface area contributed by atoms with Crippen LogP contribution < -0.4 is 11.1 Å². The molecule has 0 aliphatic rings. The van der Waals surface area contributed by atoms with Crippen molar-refractivity contribution in [3.05, 3.63) is 44.5 Å². The number of carboxylic acids is 1. The first kappa shape index (κ1) is 15.2. The Balaban J connectivity index is 2.73. The SMILES string of the molecule is CCS(=O)CCn1c(=O)c(=O)[nH]c2cccc(C(=O)O)c21. The van der Waals surface area contributed by atoms with Gasteiger partial charge in [-0.3, -0.25) is 13.8 Å². The number of para-hydroxylation sites is 1. The summed E-state index contributed by atoms with van der Waals surface area (Å²) in [5.41, 5.74) is -1.34. The first-order valence-corrected chi connectivity index (χ1v) is 7.78. The van der Waals surface area contributed by atoms with Crippen molar-refractivity contribution in [3.8, 4) is 0 Å². The molecule has 1 aromatic heterocycles. The molecule has 1 atom stereocenters. The first-order chi connectivity index (χ1) is 9.95. The Bertz CT molecular complexity index is 837. The van der Waals surface area contributed by atoms with Crippen molar-refractivity contribution in [2.24, 2.45) is 0 Å². The van der Waals surface area contributed by atoms with E-state index in [1.54, 1.807) is 6.92 Å². The van der Waals surface area contributed by atoms with E-state index in [2.05, 4.69) is 4.98 Å². The molecule has 112 valence electrons. The monoisotopic (exact) mass is 310 g/mol. The Morgan fingerprint density at radius 3 is 2.71 bits per heavy atom. The molecular formula is C13H14N2O5S. The number of benzene rings is 1. The van der Waals surface area contributed by atoms with Crippen LogP contribution in [0, 0.1) is 0 Å². The number of H-pyrrole nitrogens is 1. The predicted molar refractivity (Wildman–Crippen MR) is 79.3 cm³/mol. The zero-order valence-electron chi connectivity index (χ0n) is 11.3. The third kappa shape index (κ3) is 2.94. The lowest BCUT2D eigenvalue weighted by Crippen LogP contribution is -2.38. The fourth-order valence-corrected chi connectivity index (χ4v) is 2.73. The van der Waals surface area contributed by atoms with Crippen LogP contribution in [0.25, 0.3) is 11.0 Å². The molecule has 0 saturated heterocycles. The van der Waals surface area contributed by atoms with Gasteiger partial charge in [-0.1, -0.05) is 13.0 Å². The van der Waals surface area contributed by atoms with Gasteiger partial charge in [0, 0.05) is 28.9 Å². The smallest absolute Gasteiger partial charge is 0.337 e. The Labute approximate surface area is 121 Å². The quantitative estimate of drug-likeness (QED) is 0.764. The van der Waals surface area contributed by atoms with E-state index >= 15 is 0 Å². The highest BCUT2D eigenvalue weighted by atomic mass is 32.2. The van der Waals surface area contributed by atoms with Crippen molar-refractivity contribution >= 4 is 27.8 Å². The van der Waals surface area contributed by atoms with Gasteiger partial charge >= 0.3 is 17.1 Å². The molecule has 0 saturated carbocycles. The largest absolute Gasteiger partial charge is 0.478 e. The molecule has 0 fully saturated rings. The second kappa shape index (κ2) is 6.04. The minimum Gasteiger partial charge on any atom is -0.478 e. The summed E-state index contributed by atoms with van der Waals surface area (Å²) >= 11 is 0. The first-order valence-electron chi connectivity index (χ1n) is 6.29. The number of aromatic amines is 1. The van der Waals surface area contributed by atoms with E-state index < -0.39 is 27.9 Å². The predicted octanol–water partition coefficient (Wildman–Crippen LogP) is 0.157. The van der Waals surface area contributed by atoms with Gasteiger partial charge in [-0.2, -0.15) is 0 Å². The third-order valence-electron chi connectivity index (χ3n) is 3.09. The maximum Gasteiger partial charge on any atom is 0.337 e. The fraction of sp³-hybridized carbons (Fsp3) is 0.308. The maximum absolute atomic E-state index is 12.0. The molecule has 7 nitrogen and oxygen atoms in total. The number of nitrogens with one attached hydrogen (secondary N) is 1. The molecular weight excluding hydrogens is 296 g/mol. The van der Waals surface area contributed by atoms with Crippen LogP contribution in [0.5, 0.6) is 0 Å². The molecule has 0 aliphatic heterocycles. The van der Waals surface area contributed by atoms with Crippen molar-refractivity contribution < 1.29 is 14.1 Å². The summed E-state index contributed by atoms with van der Waals surface area (Å²) < 4.78 is 12.6. The number of hydrogen-bond acceptors (Lipinski definition) is 4. The Morgan fingerprint density at radius 1 is 1.38 bits per heavy atom. The second-order valence-corrected chi connectivity index (χ2v) is 6.22. The normalized spacial score (nSPS) is 12.4. The molecule has 0 amide bonds. The Morgan fingerprint density at radius 2 is 2.10 bits per heavy atom. The Hall–Kier alpha value is -2.22. The van der Waals surface area contributed by atoms with Crippen molar-refractivity contribution in [1.82, 2.24) is 9.55 Å². The van der Waals surface area contributed by atoms with E-state index in [1.165, 1.54) is 18.2 Å². The van der Waals surface area contributed by atoms with Crippen LogP contribution in [-0.4, -0.2) is 36.3 Å².